The number of ketones is 1. The van der Waals surface area contributed by atoms with Gasteiger partial charge in [0.2, 0.25) is 5.76 Å². The number of hydrogen-bond donors (Lipinski definition) is 4. The van der Waals surface area contributed by atoms with Gasteiger partial charge in [-0.25, -0.2) is 4.79 Å². The van der Waals surface area contributed by atoms with Gasteiger partial charge in [0.1, 0.15) is 34.7 Å². The third kappa shape index (κ3) is 6.67. The van der Waals surface area contributed by atoms with Crippen LogP contribution in [0.5, 0.6) is 17.2 Å². The van der Waals surface area contributed by atoms with Crippen LogP contribution in [0.15, 0.2) is 40.1 Å². The van der Waals surface area contributed by atoms with Crippen molar-refractivity contribution in [2.45, 2.75) is 95.9 Å². The maximum absolute atomic E-state index is 14.0. The van der Waals surface area contributed by atoms with Gasteiger partial charge in [-0.3, -0.25) is 14.6 Å². The average molecular weight is 744 g/mol. The summed E-state index contributed by atoms with van der Waals surface area (Å²) in [6.45, 7) is 2.86. The van der Waals surface area contributed by atoms with Crippen LogP contribution in [0.4, 0.5) is 0 Å². The lowest BCUT2D eigenvalue weighted by Gasteiger charge is -2.39. The molecule has 2 aliphatic carbocycles. The van der Waals surface area contributed by atoms with Gasteiger partial charge >= 0.3 is 5.97 Å². The van der Waals surface area contributed by atoms with E-state index in [1.165, 1.54) is 0 Å². The smallest absolute Gasteiger partial charge is 0.375 e. The lowest BCUT2D eigenvalue weighted by Crippen LogP contribution is -2.49. The fourth-order valence-corrected chi connectivity index (χ4v) is 8.97. The van der Waals surface area contributed by atoms with E-state index < -0.39 is 42.7 Å². The molecule has 5 aliphatic rings. The highest BCUT2D eigenvalue weighted by Gasteiger charge is 2.49. The SMILES string of the molecule is CCOC(=O)C1=C(C=O)C(=C2CC(CO)C(=O)C(c3ccc4c(c3)=CCN=4)C2)c2c(OCCCO)c3c(c(CO)c2O1)OC(C(C)(O)C1CCCCC1)C3. The Morgan fingerprint density at radius 1 is 1.09 bits per heavy atom. The molecule has 2 aromatic carbocycles. The van der Waals surface area contributed by atoms with Crippen LogP contribution in [0.25, 0.3) is 11.6 Å². The van der Waals surface area contributed by atoms with Crippen molar-refractivity contribution >= 4 is 29.7 Å². The van der Waals surface area contributed by atoms with Crippen molar-refractivity contribution in [3.63, 3.8) is 0 Å². The highest BCUT2D eigenvalue weighted by atomic mass is 16.6. The number of aldehydes is 1. The molecule has 0 radical (unpaired) electrons. The van der Waals surface area contributed by atoms with E-state index in [9.17, 15) is 34.8 Å². The molecule has 7 rings (SSSR count). The summed E-state index contributed by atoms with van der Waals surface area (Å²) in [6, 6.07) is 5.67. The summed E-state index contributed by atoms with van der Waals surface area (Å²) in [7, 11) is 0. The van der Waals surface area contributed by atoms with Gasteiger partial charge in [-0.1, -0.05) is 37.0 Å². The number of hydrogen-bond acceptors (Lipinski definition) is 12. The lowest BCUT2D eigenvalue weighted by atomic mass is 9.71. The molecule has 4 atom stereocenters. The minimum Gasteiger partial charge on any atom is -0.492 e. The molecule has 54 heavy (non-hydrogen) atoms. The van der Waals surface area contributed by atoms with Crippen LogP contribution in [0, 0.1) is 11.8 Å². The summed E-state index contributed by atoms with van der Waals surface area (Å²) < 4.78 is 24.7. The number of carbonyl (C=O) groups is 3. The minimum absolute atomic E-state index is 0.00497. The van der Waals surface area contributed by atoms with E-state index in [4.69, 9.17) is 18.9 Å². The molecule has 0 amide bonds. The van der Waals surface area contributed by atoms with Crippen molar-refractivity contribution in [1.29, 1.82) is 0 Å². The van der Waals surface area contributed by atoms with E-state index in [1.807, 2.05) is 24.3 Å². The second kappa shape index (κ2) is 15.8. The van der Waals surface area contributed by atoms with E-state index in [0.29, 0.717) is 35.1 Å². The Balaban J connectivity index is 1.46. The van der Waals surface area contributed by atoms with Crippen molar-refractivity contribution in [3.05, 3.63) is 67.9 Å². The van der Waals surface area contributed by atoms with Gasteiger partial charge in [0, 0.05) is 42.4 Å². The highest BCUT2D eigenvalue weighted by molar-refractivity contribution is 6.11. The summed E-state index contributed by atoms with van der Waals surface area (Å²) in [5, 5.41) is 45.1. The molecule has 2 aromatic rings. The summed E-state index contributed by atoms with van der Waals surface area (Å²) >= 11 is 0. The van der Waals surface area contributed by atoms with E-state index in [2.05, 4.69) is 4.99 Å². The number of aliphatic hydroxyl groups is 4. The molecular weight excluding hydrogens is 694 g/mol. The number of carbonyl (C=O) groups excluding carboxylic acids is 3. The lowest BCUT2D eigenvalue weighted by molar-refractivity contribution is -0.141. The fourth-order valence-electron chi connectivity index (χ4n) is 8.97. The Morgan fingerprint density at radius 3 is 2.59 bits per heavy atom. The number of aliphatic hydroxyl groups excluding tert-OH is 3. The molecule has 288 valence electrons. The van der Waals surface area contributed by atoms with Crippen LogP contribution in [-0.2, 0) is 32.1 Å². The third-order valence-corrected chi connectivity index (χ3v) is 11.8. The molecule has 2 fully saturated rings. The summed E-state index contributed by atoms with van der Waals surface area (Å²) in [4.78, 5) is 45.3. The number of fused-ring (bicyclic) bond motifs is 3. The van der Waals surface area contributed by atoms with E-state index >= 15 is 0 Å². The molecule has 0 saturated heterocycles. The second-order valence-corrected chi connectivity index (χ2v) is 15.0. The molecule has 12 heteroatoms. The Bertz CT molecular complexity index is 2020. The van der Waals surface area contributed by atoms with Gasteiger partial charge in [0.25, 0.3) is 0 Å². The zero-order valence-electron chi connectivity index (χ0n) is 30.9. The first kappa shape index (κ1) is 37.9. The average Bonchev–Trinajstić information content (AvgIpc) is 3.86. The van der Waals surface area contributed by atoms with Crippen molar-refractivity contribution < 1.29 is 53.8 Å². The number of benzene rings is 2. The van der Waals surface area contributed by atoms with Crippen LogP contribution in [0.1, 0.15) is 93.4 Å². The fraction of sp³-hybridized carbons (Fsp3) is 0.524. The summed E-state index contributed by atoms with van der Waals surface area (Å²) in [5.41, 5.74) is 1.38. The molecule has 2 saturated carbocycles. The monoisotopic (exact) mass is 743 g/mol. The van der Waals surface area contributed by atoms with E-state index in [1.54, 1.807) is 13.8 Å². The first-order chi connectivity index (χ1) is 26.2. The Labute approximate surface area is 313 Å². The van der Waals surface area contributed by atoms with Crippen molar-refractivity contribution in [2.24, 2.45) is 16.8 Å². The Kier molecular flexibility index (Phi) is 11.1. The van der Waals surface area contributed by atoms with Gasteiger partial charge in [0.15, 0.2) is 6.29 Å². The largest absolute Gasteiger partial charge is 0.492 e. The first-order valence-electron chi connectivity index (χ1n) is 19.2. The summed E-state index contributed by atoms with van der Waals surface area (Å²) in [6.07, 6.45) is 7.36. The van der Waals surface area contributed by atoms with Crippen molar-refractivity contribution in [1.82, 2.24) is 0 Å². The van der Waals surface area contributed by atoms with E-state index in [0.717, 1.165) is 48.2 Å². The van der Waals surface area contributed by atoms with Crippen LogP contribution in [-0.4, -0.2) is 83.1 Å². The normalized spacial score (nSPS) is 24.6. The highest BCUT2D eigenvalue weighted by Crippen LogP contribution is 2.57. The quantitative estimate of drug-likeness (QED) is 0.143. The molecule has 0 spiro atoms. The Morgan fingerprint density at radius 2 is 1.89 bits per heavy atom. The molecule has 3 aliphatic heterocycles. The van der Waals surface area contributed by atoms with Crippen LogP contribution >= 0.6 is 0 Å². The third-order valence-electron chi connectivity index (χ3n) is 11.8. The number of rotatable bonds is 12. The molecule has 12 nitrogen and oxygen atoms in total. The zero-order valence-corrected chi connectivity index (χ0v) is 30.9. The van der Waals surface area contributed by atoms with Gasteiger partial charge in [-0.15, -0.1) is 0 Å². The predicted octanol–water partition coefficient (Wildman–Crippen LogP) is 2.91. The summed E-state index contributed by atoms with van der Waals surface area (Å²) in [5.74, 6) is -2.36. The topological polar surface area (TPSA) is 181 Å². The van der Waals surface area contributed by atoms with Gasteiger partial charge in [-0.2, -0.15) is 0 Å². The number of nitrogens with zero attached hydrogens (tertiary/aromatic N) is 1. The number of ether oxygens (including phenoxy) is 4. The number of Topliss-reactive ketones (excluding diaryl/α,β-unsaturated/α-hetero) is 1. The number of allylic oxidation sites excluding steroid dienone is 3. The molecule has 0 aromatic heterocycles. The number of esters is 1. The maximum Gasteiger partial charge on any atom is 0.375 e. The van der Waals surface area contributed by atoms with Crippen LogP contribution in [0.3, 0.4) is 0 Å². The molecule has 4 N–H and O–H groups in total. The standard InChI is InChI=1S/C42H49NO11/c1-3-51-41(49)40-30(21-46)34(25-17-26(20-45)36(48)28(18-25)23-10-11-32-24(16-23)12-13-43-32)35-38(52-15-7-14-44)29-19-33(42(2,50)27-8-5-4-6-9-27)53-37(29)31(22-47)39(35)54-40/h10-12,16,21,26-28,33,44-45,47,50H,3-9,13-15,17-20,22H2,1-2H3. The molecule has 3 heterocycles. The zero-order chi connectivity index (χ0) is 38.1. The molecule has 4 unspecified atom stereocenters. The molecular formula is C42H49NO11. The van der Waals surface area contributed by atoms with E-state index in [-0.39, 0.29) is 91.3 Å². The van der Waals surface area contributed by atoms with Crippen molar-refractivity contribution in [2.75, 3.05) is 33.0 Å². The van der Waals surface area contributed by atoms with Crippen LogP contribution in [0.2, 0.25) is 0 Å². The maximum atomic E-state index is 14.0. The minimum atomic E-state index is -1.23. The van der Waals surface area contributed by atoms with Gasteiger partial charge < -0.3 is 39.4 Å². The van der Waals surface area contributed by atoms with Gasteiger partial charge in [-0.05, 0) is 68.4 Å². The van der Waals surface area contributed by atoms with Gasteiger partial charge in [0.05, 0.1) is 55.0 Å². The second-order valence-electron chi connectivity index (χ2n) is 15.0. The molecule has 0 bridgehead atoms. The first-order valence-corrected chi connectivity index (χ1v) is 19.2. The Hall–Kier alpha value is -4.36. The predicted molar refractivity (Wildman–Crippen MR) is 196 cm³/mol. The van der Waals surface area contributed by atoms with Crippen molar-refractivity contribution in [3.8, 4) is 17.2 Å². The van der Waals surface area contributed by atoms with Crippen LogP contribution < -0.4 is 24.8 Å².